The first-order valence-electron chi connectivity index (χ1n) is 10.2. The van der Waals surface area contributed by atoms with Crippen LogP contribution in [-0.2, 0) is 32.0 Å². The molecule has 3 rings (SSSR count). The minimum absolute atomic E-state index is 0.0812. The van der Waals surface area contributed by atoms with E-state index in [9.17, 15) is 29.4 Å². The maximum Gasteiger partial charge on any atom is 0.321 e. The van der Waals surface area contributed by atoms with E-state index in [0.717, 1.165) is 5.56 Å². The zero-order valence-corrected chi connectivity index (χ0v) is 17.1. The number of carboxylic acids is 2. The Morgan fingerprint density at radius 3 is 1.81 bits per heavy atom. The van der Waals surface area contributed by atoms with Gasteiger partial charge in [-0.1, -0.05) is 60.7 Å². The Balaban J connectivity index is 1.88. The third kappa shape index (κ3) is 4.99. The number of carboxylic acid groups (broad SMARTS) is 2. The van der Waals surface area contributed by atoms with Crippen molar-refractivity contribution >= 4 is 23.8 Å². The standard InChI is InChI=1S/C24H25NO6/c26-20-11-12-21(27)25(20)19(15-17-7-3-1-4-8-17)13-14-24(22(28)29,23(30)31)16-18-9-5-2-6-10-18/h1-10,19H,11-16H2,(H,28,29)(H,30,31). The number of carbonyl (C=O) groups excluding carboxylic acids is 2. The van der Waals surface area contributed by atoms with Crippen molar-refractivity contribution in [2.24, 2.45) is 5.41 Å². The molecule has 2 N–H and O–H groups in total. The molecule has 1 atom stereocenters. The molecule has 1 heterocycles. The van der Waals surface area contributed by atoms with Gasteiger partial charge in [-0.05, 0) is 36.8 Å². The second kappa shape index (κ2) is 9.55. The van der Waals surface area contributed by atoms with Crippen molar-refractivity contribution in [3.8, 4) is 0 Å². The quantitative estimate of drug-likeness (QED) is 0.449. The van der Waals surface area contributed by atoms with Gasteiger partial charge in [-0.3, -0.25) is 24.1 Å². The zero-order valence-electron chi connectivity index (χ0n) is 17.1. The molecule has 1 aliphatic rings. The van der Waals surface area contributed by atoms with Crippen molar-refractivity contribution in [3.05, 3.63) is 71.8 Å². The molecule has 7 heteroatoms. The maximum absolute atomic E-state index is 12.4. The maximum atomic E-state index is 12.4. The van der Waals surface area contributed by atoms with Gasteiger partial charge in [0.2, 0.25) is 11.8 Å². The van der Waals surface area contributed by atoms with E-state index in [1.807, 2.05) is 30.3 Å². The lowest BCUT2D eigenvalue weighted by molar-refractivity contribution is -0.165. The number of benzene rings is 2. The van der Waals surface area contributed by atoms with Gasteiger partial charge in [0.05, 0.1) is 0 Å². The van der Waals surface area contributed by atoms with Crippen LogP contribution in [0.3, 0.4) is 0 Å². The van der Waals surface area contributed by atoms with E-state index in [4.69, 9.17) is 0 Å². The summed E-state index contributed by atoms with van der Waals surface area (Å²) in [5.41, 5.74) is -0.568. The molecule has 1 aliphatic heterocycles. The Morgan fingerprint density at radius 1 is 0.839 bits per heavy atom. The second-order valence-corrected chi connectivity index (χ2v) is 7.89. The fourth-order valence-corrected chi connectivity index (χ4v) is 4.11. The molecule has 7 nitrogen and oxygen atoms in total. The summed E-state index contributed by atoms with van der Waals surface area (Å²) < 4.78 is 0. The van der Waals surface area contributed by atoms with Crippen LogP contribution in [0.5, 0.6) is 0 Å². The molecule has 1 fully saturated rings. The Hall–Kier alpha value is -3.48. The summed E-state index contributed by atoms with van der Waals surface area (Å²) in [6, 6.07) is 17.3. The summed E-state index contributed by atoms with van der Waals surface area (Å²) in [4.78, 5) is 50.3. The van der Waals surface area contributed by atoms with E-state index >= 15 is 0 Å². The molecular weight excluding hydrogens is 398 g/mol. The van der Waals surface area contributed by atoms with Gasteiger partial charge in [0.25, 0.3) is 0 Å². The van der Waals surface area contributed by atoms with Gasteiger partial charge in [-0.15, -0.1) is 0 Å². The molecule has 0 aromatic heterocycles. The number of carbonyl (C=O) groups is 4. The van der Waals surface area contributed by atoms with Crippen LogP contribution in [0.15, 0.2) is 60.7 Å². The number of rotatable bonds is 10. The van der Waals surface area contributed by atoms with E-state index in [0.29, 0.717) is 12.0 Å². The van der Waals surface area contributed by atoms with Crippen LogP contribution in [0.4, 0.5) is 0 Å². The first-order chi connectivity index (χ1) is 14.8. The number of imide groups is 1. The van der Waals surface area contributed by atoms with Crippen LogP contribution in [0.25, 0.3) is 0 Å². The summed E-state index contributed by atoms with van der Waals surface area (Å²) in [5, 5.41) is 19.8. The van der Waals surface area contributed by atoms with Gasteiger partial charge in [0.1, 0.15) is 0 Å². The van der Waals surface area contributed by atoms with Crippen molar-refractivity contribution in [1.29, 1.82) is 0 Å². The summed E-state index contributed by atoms with van der Waals surface area (Å²) in [6.45, 7) is 0. The lowest BCUT2D eigenvalue weighted by Crippen LogP contribution is -2.45. The lowest BCUT2D eigenvalue weighted by atomic mass is 9.76. The topological polar surface area (TPSA) is 112 Å². The Labute approximate surface area is 180 Å². The molecule has 2 amide bonds. The van der Waals surface area contributed by atoms with E-state index in [1.165, 1.54) is 4.90 Å². The highest BCUT2D eigenvalue weighted by atomic mass is 16.4. The van der Waals surface area contributed by atoms with E-state index in [2.05, 4.69) is 0 Å². The van der Waals surface area contributed by atoms with Crippen LogP contribution in [0.2, 0.25) is 0 Å². The molecule has 0 radical (unpaired) electrons. The van der Waals surface area contributed by atoms with Crippen LogP contribution < -0.4 is 0 Å². The minimum Gasteiger partial charge on any atom is -0.480 e. The number of likely N-dealkylation sites (tertiary alicyclic amines) is 1. The number of hydrogen-bond donors (Lipinski definition) is 2. The van der Waals surface area contributed by atoms with Crippen molar-refractivity contribution < 1.29 is 29.4 Å². The van der Waals surface area contributed by atoms with Crippen LogP contribution >= 0.6 is 0 Å². The van der Waals surface area contributed by atoms with Crippen molar-refractivity contribution in [3.63, 3.8) is 0 Å². The SMILES string of the molecule is O=C1CCC(=O)N1C(CCC(Cc1ccccc1)(C(=O)O)C(=O)O)Cc1ccccc1. The van der Waals surface area contributed by atoms with Crippen LogP contribution in [-0.4, -0.2) is 44.9 Å². The van der Waals surface area contributed by atoms with Gasteiger partial charge in [0, 0.05) is 18.9 Å². The number of nitrogens with zero attached hydrogens (tertiary/aromatic N) is 1. The zero-order chi connectivity index (χ0) is 22.4. The molecular formula is C24H25NO6. The van der Waals surface area contributed by atoms with E-state index in [-0.39, 0.29) is 43.9 Å². The molecule has 0 aliphatic carbocycles. The Kier molecular flexibility index (Phi) is 6.84. The number of hydrogen-bond acceptors (Lipinski definition) is 4. The van der Waals surface area contributed by atoms with Gasteiger partial charge in [-0.2, -0.15) is 0 Å². The molecule has 2 aromatic rings. The molecule has 0 saturated carbocycles. The highest BCUT2D eigenvalue weighted by Gasteiger charge is 2.47. The highest BCUT2D eigenvalue weighted by molar-refractivity contribution is 6.02. The fourth-order valence-electron chi connectivity index (χ4n) is 4.11. The smallest absolute Gasteiger partial charge is 0.321 e. The summed E-state index contributed by atoms with van der Waals surface area (Å²) in [7, 11) is 0. The third-order valence-corrected chi connectivity index (χ3v) is 5.84. The first-order valence-corrected chi connectivity index (χ1v) is 10.2. The first kappa shape index (κ1) is 22.2. The minimum atomic E-state index is -2.05. The summed E-state index contributed by atoms with van der Waals surface area (Å²) >= 11 is 0. The van der Waals surface area contributed by atoms with E-state index < -0.39 is 23.4 Å². The van der Waals surface area contributed by atoms with E-state index in [1.54, 1.807) is 30.3 Å². The number of amides is 2. The van der Waals surface area contributed by atoms with Crippen LogP contribution in [0, 0.1) is 5.41 Å². The average molecular weight is 423 g/mol. The molecule has 162 valence electrons. The largest absolute Gasteiger partial charge is 0.480 e. The number of aliphatic carboxylic acids is 2. The van der Waals surface area contributed by atoms with Gasteiger partial charge >= 0.3 is 11.9 Å². The Bertz CT molecular complexity index is 927. The molecule has 1 unspecified atom stereocenters. The van der Waals surface area contributed by atoms with Crippen molar-refractivity contribution in [2.75, 3.05) is 0 Å². The average Bonchev–Trinajstić information content (AvgIpc) is 3.09. The highest BCUT2D eigenvalue weighted by Crippen LogP contribution is 2.33. The lowest BCUT2D eigenvalue weighted by Gasteiger charge is -2.31. The predicted molar refractivity (Wildman–Crippen MR) is 112 cm³/mol. The monoisotopic (exact) mass is 423 g/mol. The van der Waals surface area contributed by atoms with Crippen molar-refractivity contribution in [2.45, 2.75) is 44.6 Å². The predicted octanol–water partition coefficient (Wildman–Crippen LogP) is 2.93. The third-order valence-electron chi connectivity index (χ3n) is 5.84. The molecule has 0 bridgehead atoms. The second-order valence-electron chi connectivity index (χ2n) is 7.89. The Morgan fingerprint density at radius 2 is 1.32 bits per heavy atom. The van der Waals surface area contributed by atoms with Gasteiger partial charge < -0.3 is 10.2 Å². The molecule has 0 spiro atoms. The summed E-state index contributed by atoms with van der Waals surface area (Å²) in [6.07, 6.45) is 0.282. The molecule has 2 aromatic carbocycles. The van der Waals surface area contributed by atoms with Gasteiger partial charge in [0.15, 0.2) is 5.41 Å². The molecule has 31 heavy (non-hydrogen) atoms. The van der Waals surface area contributed by atoms with Crippen molar-refractivity contribution in [1.82, 2.24) is 4.90 Å². The fraction of sp³-hybridized carbons (Fsp3) is 0.333. The normalized spacial score (nSPS) is 15.2. The summed E-state index contributed by atoms with van der Waals surface area (Å²) in [5.74, 6) is -3.46. The van der Waals surface area contributed by atoms with Gasteiger partial charge in [-0.25, -0.2) is 0 Å². The molecule has 1 saturated heterocycles. The van der Waals surface area contributed by atoms with Crippen LogP contribution in [0.1, 0.15) is 36.8 Å².